The Morgan fingerprint density at radius 1 is 1.44 bits per heavy atom. The van der Waals surface area contributed by atoms with Gasteiger partial charge >= 0.3 is 0 Å². The van der Waals surface area contributed by atoms with Crippen molar-refractivity contribution in [3.8, 4) is 0 Å². The average Bonchev–Trinajstić information content (AvgIpc) is 2.71. The fourth-order valence-corrected chi connectivity index (χ4v) is 1.53. The molecule has 0 aliphatic carbocycles. The number of methoxy groups -OCH3 is 1. The first kappa shape index (κ1) is 13.1. The summed E-state index contributed by atoms with van der Waals surface area (Å²) in [6, 6.07) is 0.368. The van der Waals surface area contributed by atoms with E-state index in [9.17, 15) is 0 Å². The van der Waals surface area contributed by atoms with Crippen molar-refractivity contribution in [3.63, 3.8) is 0 Å². The van der Waals surface area contributed by atoms with Gasteiger partial charge in [0.2, 0.25) is 0 Å². The molecule has 1 aromatic heterocycles. The molecule has 0 atom stereocenters. The van der Waals surface area contributed by atoms with Crippen molar-refractivity contribution in [3.05, 3.63) is 12.2 Å². The molecule has 0 aliphatic rings. The molecule has 1 heterocycles. The van der Waals surface area contributed by atoms with Crippen LogP contribution in [0.25, 0.3) is 0 Å². The zero-order valence-electron chi connectivity index (χ0n) is 10.4. The summed E-state index contributed by atoms with van der Waals surface area (Å²) in [4.78, 5) is 4.24. The van der Waals surface area contributed by atoms with Gasteiger partial charge in [-0.2, -0.15) is 5.10 Å². The molecule has 1 rings (SSSR count). The monoisotopic (exact) mass is 226 g/mol. The summed E-state index contributed by atoms with van der Waals surface area (Å²) in [6.07, 6.45) is 3.84. The SMILES string of the molecule is COCCCCNCc1ncnn1C(C)C. The fourth-order valence-electron chi connectivity index (χ4n) is 1.53. The molecule has 16 heavy (non-hydrogen) atoms. The van der Waals surface area contributed by atoms with Gasteiger partial charge in [-0.25, -0.2) is 9.67 Å². The van der Waals surface area contributed by atoms with Crippen LogP contribution in [0.15, 0.2) is 6.33 Å². The lowest BCUT2D eigenvalue weighted by atomic mass is 10.3. The van der Waals surface area contributed by atoms with Gasteiger partial charge in [-0.15, -0.1) is 0 Å². The molecule has 1 N–H and O–H groups in total. The van der Waals surface area contributed by atoms with Gasteiger partial charge in [0, 0.05) is 19.8 Å². The predicted molar refractivity (Wildman–Crippen MR) is 63.2 cm³/mol. The van der Waals surface area contributed by atoms with E-state index in [0.29, 0.717) is 6.04 Å². The van der Waals surface area contributed by atoms with E-state index in [1.807, 2.05) is 4.68 Å². The smallest absolute Gasteiger partial charge is 0.141 e. The molecule has 0 bridgehead atoms. The van der Waals surface area contributed by atoms with Crippen LogP contribution in [0.4, 0.5) is 0 Å². The molecule has 92 valence electrons. The zero-order chi connectivity index (χ0) is 11.8. The molecule has 1 aromatic rings. The van der Waals surface area contributed by atoms with Gasteiger partial charge in [-0.3, -0.25) is 0 Å². The van der Waals surface area contributed by atoms with Crippen molar-refractivity contribution in [2.24, 2.45) is 0 Å². The summed E-state index contributed by atoms with van der Waals surface area (Å²) in [6.45, 7) is 6.83. The van der Waals surface area contributed by atoms with Crippen LogP contribution < -0.4 is 5.32 Å². The zero-order valence-corrected chi connectivity index (χ0v) is 10.4. The summed E-state index contributed by atoms with van der Waals surface area (Å²) in [7, 11) is 1.73. The largest absolute Gasteiger partial charge is 0.385 e. The van der Waals surface area contributed by atoms with Crippen molar-refractivity contribution in [2.45, 2.75) is 39.3 Å². The Bertz CT molecular complexity index is 285. The molecule has 0 spiro atoms. The van der Waals surface area contributed by atoms with E-state index in [0.717, 1.165) is 38.4 Å². The molecule has 5 heteroatoms. The number of ether oxygens (including phenoxy) is 1. The third-order valence-corrected chi connectivity index (χ3v) is 2.37. The summed E-state index contributed by atoms with van der Waals surface area (Å²) < 4.78 is 6.94. The van der Waals surface area contributed by atoms with Crippen LogP contribution in [0.5, 0.6) is 0 Å². The predicted octanol–water partition coefficient (Wildman–Crippen LogP) is 1.38. The highest BCUT2D eigenvalue weighted by Gasteiger charge is 2.05. The van der Waals surface area contributed by atoms with Crippen molar-refractivity contribution in [1.82, 2.24) is 20.1 Å². The fraction of sp³-hybridized carbons (Fsp3) is 0.818. The molecule has 0 saturated carbocycles. The number of nitrogens with zero attached hydrogens (tertiary/aromatic N) is 3. The lowest BCUT2D eigenvalue weighted by Gasteiger charge is -2.09. The highest BCUT2D eigenvalue weighted by molar-refractivity contribution is 4.85. The van der Waals surface area contributed by atoms with E-state index >= 15 is 0 Å². The quantitative estimate of drug-likeness (QED) is 0.680. The van der Waals surface area contributed by atoms with Crippen molar-refractivity contribution < 1.29 is 4.74 Å². The highest BCUT2D eigenvalue weighted by Crippen LogP contribution is 2.04. The van der Waals surface area contributed by atoms with E-state index in [1.54, 1.807) is 13.4 Å². The van der Waals surface area contributed by atoms with Crippen molar-refractivity contribution >= 4 is 0 Å². The number of hydrogen-bond acceptors (Lipinski definition) is 4. The molecule has 0 saturated heterocycles. The van der Waals surface area contributed by atoms with E-state index in [4.69, 9.17) is 4.74 Å². The standard InChI is InChI=1S/C11H22N4O/c1-10(2)15-11(13-9-14-15)8-12-6-4-5-7-16-3/h9-10,12H,4-8H2,1-3H3. The number of aromatic nitrogens is 3. The molecule has 5 nitrogen and oxygen atoms in total. The second-order valence-electron chi connectivity index (χ2n) is 4.09. The van der Waals surface area contributed by atoms with Gasteiger partial charge in [0.15, 0.2) is 0 Å². The maximum Gasteiger partial charge on any atom is 0.141 e. The number of unbranched alkanes of at least 4 members (excludes halogenated alkanes) is 1. The van der Waals surface area contributed by atoms with Crippen molar-refractivity contribution in [1.29, 1.82) is 0 Å². The van der Waals surface area contributed by atoms with Gasteiger partial charge in [0.1, 0.15) is 12.2 Å². The summed E-state index contributed by atoms with van der Waals surface area (Å²) >= 11 is 0. The van der Waals surface area contributed by atoms with Gasteiger partial charge in [0.05, 0.1) is 6.54 Å². The first-order valence-electron chi connectivity index (χ1n) is 5.83. The normalized spacial score (nSPS) is 11.2. The summed E-state index contributed by atoms with van der Waals surface area (Å²) in [5, 5.41) is 7.55. The Morgan fingerprint density at radius 3 is 2.94 bits per heavy atom. The number of hydrogen-bond donors (Lipinski definition) is 1. The Balaban J connectivity index is 2.19. The maximum absolute atomic E-state index is 4.99. The lowest BCUT2D eigenvalue weighted by Crippen LogP contribution is -2.19. The third-order valence-electron chi connectivity index (χ3n) is 2.37. The molecule has 0 radical (unpaired) electrons. The van der Waals surface area contributed by atoms with Gasteiger partial charge < -0.3 is 10.1 Å². The van der Waals surface area contributed by atoms with E-state index in [1.165, 1.54) is 0 Å². The average molecular weight is 226 g/mol. The van der Waals surface area contributed by atoms with Crippen LogP contribution in [0, 0.1) is 0 Å². The summed E-state index contributed by atoms with van der Waals surface area (Å²) in [5.74, 6) is 1.00. The minimum Gasteiger partial charge on any atom is -0.385 e. The minimum atomic E-state index is 0.368. The topological polar surface area (TPSA) is 52.0 Å². The van der Waals surface area contributed by atoms with Gasteiger partial charge in [-0.05, 0) is 33.2 Å². The van der Waals surface area contributed by atoms with Crippen LogP contribution in [0.3, 0.4) is 0 Å². The van der Waals surface area contributed by atoms with Crippen molar-refractivity contribution in [2.75, 3.05) is 20.3 Å². The van der Waals surface area contributed by atoms with Gasteiger partial charge in [-0.1, -0.05) is 0 Å². The number of nitrogens with one attached hydrogen (secondary N) is 1. The first-order valence-corrected chi connectivity index (χ1v) is 5.83. The Labute approximate surface area is 97.2 Å². The second kappa shape index (κ2) is 7.35. The van der Waals surface area contributed by atoms with Crippen LogP contribution in [-0.4, -0.2) is 35.0 Å². The molecular weight excluding hydrogens is 204 g/mol. The molecule has 0 aliphatic heterocycles. The lowest BCUT2D eigenvalue weighted by molar-refractivity contribution is 0.192. The van der Waals surface area contributed by atoms with E-state index in [-0.39, 0.29) is 0 Å². The molecule has 0 unspecified atom stereocenters. The molecule has 0 fully saturated rings. The second-order valence-corrected chi connectivity index (χ2v) is 4.09. The van der Waals surface area contributed by atoms with Crippen LogP contribution in [0.2, 0.25) is 0 Å². The minimum absolute atomic E-state index is 0.368. The molecule has 0 aromatic carbocycles. The molecule has 0 amide bonds. The van der Waals surface area contributed by atoms with Crippen LogP contribution in [-0.2, 0) is 11.3 Å². The Morgan fingerprint density at radius 2 is 2.25 bits per heavy atom. The Kier molecular flexibility index (Phi) is 6.03. The maximum atomic E-state index is 4.99. The molecular formula is C11H22N4O. The summed E-state index contributed by atoms with van der Waals surface area (Å²) in [5.41, 5.74) is 0. The van der Waals surface area contributed by atoms with Gasteiger partial charge in [0.25, 0.3) is 0 Å². The number of rotatable bonds is 8. The third kappa shape index (κ3) is 4.28. The van der Waals surface area contributed by atoms with Crippen LogP contribution in [0.1, 0.15) is 38.6 Å². The first-order chi connectivity index (χ1) is 7.75. The highest BCUT2D eigenvalue weighted by atomic mass is 16.5. The van der Waals surface area contributed by atoms with E-state index in [2.05, 4.69) is 29.2 Å². The van der Waals surface area contributed by atoms with Crippen LogP contribution >= 0.6 is 0 Å². The van der Waals surface area contributed by atoms with E-state index < -0.39 is 0 Å². The Hall–Kier alpha value is -0.940.